The topological polar surface area (TPSA) is 40.9 Å². The maximum absolute atomic E-state index is 12.0. The predicted molar refractivity (Wildman–Crippen MR) is 64.8 cm³/mol. The number of nitriles is 1. The fourth-order valence-electron chi connectivity index (χ4n) is 4.47. The first-order chi connectivity index (χ1) is 8.04. The summed E-state index contributed by atoms with van der Waals surface area (Å²) in [6.45, 7) is 6.61. The lowest BCUT2D eigenvalue weighted by atomic mass is 9.76. The van der Waals surface area contributed by atoms with Crippen molar-refractivity contribution in [1.82, 2.24) is 0 Å². The molecule has 0 amide bonds. The maximum Gasteiger partial charge on any atom is 0.161 e. The van der Waals surface area contributed by atoms with E-state index >= 15 is 0 Å². The predicted octanol–water partition coefficient (Wildman–Crippen LogP) is 2.95. The number of hydrogen-bond donors (Lipinski definition) is 0. The third-order valence-corrected chi connectivity index (χ3v) is 5.32. The third-order valence-electron chi connectivity index (χ3n) is 5.32. The molecule has 0 saturated heterocycles. The molecule has 0 radical (unpaired) electrons. The van der Waals surface area contributed by atoms with Gasteiger partial charge in [0.1, 0.15) is 0 Å². The van der Waals surface area contributed by atoms with Crippen molar-refractivity contribution < 1.29 is 4.79 Å². The molecule has 2 fully saturated rings. The first kappa shape index (κ1) is 11.0. The van der Waals surface area contributed by atoms with Crippen LogP contribution >= 0.6 is 0 Å². The van der Waals surface area contributed by atoms with Gasteiger partial charge in [0, 0.05) is 11.8 Å². The summed E-state index contributed by atoms with van der Waals surface area (Å²) in [7, 11) is 0. The van der Waals surface area contributed by atoms with E-state index in [9.17, 15) is 10.1 Å². The molecule has 90 valence electrons. The molecule has 0 unspecified atom stereocenters. The van der Waals surface area contributed by atoms with Gasteiger partial charge in [0.15, 0.2) is 5.78 Å². The quantitative estimate of drug-likeness (QED) is 0.693. The van der Waals surface area contributed by atoms with Crippen molar-refractivity contribution in [1.29, 1.82) is 5.26 Å². The largest absolute Gasteiger partial charge is 0.294 e. The molecule has 5 atom stereocenters. The van der Waals surface area contributed by atoms with Crippen molar-refractivity contribution in [2.45, 2.75) is 33.6 Å². The first-order valence-electron chi connectivity index (χ1n) is 6.70. The van der Waals surface area contributed by atoms with E-state index in [-0.39, 0.29) is 23.0 Å². The van der Waals surface area contributed by atoms with Gasteiger partial charge >= 0.3 is 0 Å². The molecule has 2 nitrogen and oxygen atoms in total. The second-order valence-electron chi connectivity index (χ2n) is 6.38. The van der Waals surface area contributed by atoms with Crippen molar-refractivity contribution in [2.24, 2.45) is 35.0 Å². The summed E-state index contributed by atoms with van der Waals surface area (Å²) in [6.07, 6.45) is 4.08. The Morgan fingerprint density at radius 1 is 1.41 bits per heavy atom. The van der Waals surface area contributed by atoms with E-state index in [1.54, 1.807) is 0 Å². The zero-order chi connectivity index (χ0) is 12.4. The van der Waals surface area contributed by atoms with Crippen molar-refractivity contribution in [2.75, 3.05) is 0 Å². The van der Waals surface area contributed by atoms with E-state index in [4.69, 9.17) is 0 Å². The van der Waals surface area contributed by atoms with Gasteiger partial charge in [-0.15, -0.1) is 0 Å². The maximum atomic E-state index is 12.0. The number of rotatable bonds is 1. The summed E-state index contributed by atoms with van der Waals surface area (Å²) in [6, 6.07) is 2.55. The summed E-state index contributed by atoms with van der Waals surface area (Å²) in [5.41, 5.74) is 0.949. The Morgan fingerprint density at radius 2 is 2.12 bits per heavy atom. The van der Waals surface area contributed by atoms with Crippen LogP contribution in [0, 0.1) is 46.3 Å². The van der Waals surface area contributed by atoms with Crippen LogP contribution in [-0.2, 0) is 4.79 Å². The van der Waals surface area contributed by atoms with E-state index in [1.165, 1.54) is 5.57 Å². The molecule has 2 saturated carbocycles. The van der Waals surface area contributed by atoms with Crippen LogP contribution in [0.15, 0.2) is 11.6 Å². The van der Waals surface area contributed by atoms with Crippen molar-refractivity contribution >= 4 is 5.78 Å². The summed E-state index contributed by atoms with van der Waals surface area (Å²) in [4.78, 5) is 12.0. The Balaban J connectivity index is 2.09. The second-order valence-corrected chi connectivity index (χ2v) is 6.38. The normalized spacial score (nSPS) is 47.2. The van der Waals surface area contributed by atoms with Crippen LogP contribution in [0.1, 0.15) is 33.6 Å². The van der Waals surface area contributed by atoms with Crippen molar-refractivity contribution in [3.05, 3.63) is 11.6 Å². The van der Waals surface area contributed by atoms with Gasteiger partial charge in [-0.2, -0.15) is 5.26 Å². The lowest BCUT2D eigenvalue weighted by Crippen LogP contribution is -2.25. The minimum absolute atomic E-state index is 0.0117. The summed E-state index contributed by atoms with van der Waals surface area (Å²) in [5, 5.41) is 9.63. The number of fused-ring (bicyclic) bond motifs is 1. The lowest BCUT2D eigenvalue weighted by Gasteiger charge is -2.26. The molecule has 2 heteroatoms. The highest BCUT2D eigenvalue weighted by atomic mass is 16.1. The van der Waals surface area contributed by atoms with E-state index in [0.29, 0.717) is 17.8 Å². The first-order valence-corrected chi connectivity index (χ1v) is 6.70. The molecule has 0 aromatic heterocycles. The summed E-state index contributed by atoms with van der Waals surface area (Å²) in [5.74, 6) is 1.90. The van der Waals surface area contributed by atoms with Crippen molar-refractivity contribution in [3.8, 4) is 6.07 Å². The second kappa shape index (κ2) is 3.22. The van der Waals surface area contributed by atoms with Crippen LogP contribution in [0.2, 0.25) is 0 Å². The van der Waals surface area contributed by atoms with Gasteiger partial charge in [0.25, 0.3) is 0 Å². The Bertz CT molecular complexity index is 456. The average molecular weight is 229 g/mol. The molecule has 3 aliphatic rings. The van der Waals surface area contributed by atoms with Gasteiger partial charge in [-0.05, 0) is 36.7 Å². The molecular formula is C15H19NO. The molecule has 0 N–H and O–H groups in total. The Kier molecular flexibility index (Phi) is 2.09. The van der Waals surface area contributed by atoms with Crippen LogP contribution < -0.4 is 0 Å². The third kappa shape index (κ3) is 1.13. The Labute approximate surface area is 103 Å². The minimum atomic E-state index is -0.333. The van der Waals surface area contributed by atoms with Gasteiger partial charge in [-0.3, -0.25) is 4.79 Å². The van der Waals surface area contributed by atoms with Gasteiger partial charge in [-0.25, -0.2) is 0 Å². The summed E-state index contributed by atoms with van der Waals surface area (Å²) >= 11 is 0. The zero-order valence-corrected chi connectivity index (χ0v) is 10.7. The highest BCUT2D eigenvalue weighted by molar-refractivity contribution is 6.01. The molecule has 3 rings (SSSR count). The molecular weight excluding hydrogens is 210 g/mol. The van der Waals surface area contributed by atoms with E-state index < -0.39 is 0 Å². The molecule has 0 heterocycles. The van der Waals surface area contributed by atoms with E-state index in [2.05, 4.69) is 26.8 Å². The molecule has 0 spiro atoms. The standard InChI is InChI=1S/C15H19NO/c1-8(2)11-5-4-9(3)10-6-12(17)14-13(10)15(11,14)7-16/h6,8-9,11,13-14H,4-5H2,1-3H3/t9-,11+,13+,14-,15+/m1/s1. The molecule has 0 aromatic rings. The van der Waals surface area contributed by atoms with Gasteiger partial charge in [-0.1, -0.05) is 26.3 Å². The average Bonchev–Trinajstić information content (AvgIpc) is 2.82. The highest BCUT2D eigenvalue weighted by Crippen LogP contribution is 2.73. The van der Waals surface area contributed by atoms with Crippen molar-refractivity contribution in [3.63, 3.8) is 0 Å². The molecule has 0 aliphatic heterocycles. The molecule has 0 aromatic carbocycles. The zero-order valence-electron chi connectivity index (χ0n) is 10.7. The number of ketones is 1. The van der Waals surface area contributed by atoms with Crippen LogP contribution in [0.5, 0.6) is 0 Å². The minimum Gasteiger partial charge on any atom is -0.294 e. The van der Waals surface area contributed by atoms with Crippen LogP contribution in [-0.4, -0.2) is 5.78 Å². The fourth-order valence-corrected chi connectivity index (χ4v) is 4.47. The SMILES string of the molecule is CC(C)[C@@H]1CC[C@@H](C)C2=CC(=O)[C@@H]3[C@H]2[C@@]31C#N. The molecule has 3 aliphatic carbocycles. The van der Waals surface area contributed by atoms with Crippen LogP contribution in [0.4, 0.5) is 0 Å². The van der Waals surface area contributed by atoms with Crippen LogP contribution in [0.3, 0.4) is 0 Å². The molecule has 0 bridgehead atoms. The lowest BCUT2D eigenvalue weighted by molar-refractivity contribution is -0.116. The Morgan fingerprint density at radius 3 is 2.71 bits per heavy atom. The number of allylic oxidation sites excluding steroid dienone is 2. The van der Waals surface area contributed by atoms with Gasteiger partial charge in [0.05, 0.1) is 11.5 Å². The van der Waals surface area contributed by atoms with E-state index in [1.807, 2.05) is 6.08 Å². The highest BCUT2D eigenvalue weighted by Gasteiger charge is 2.75. The van der Waals surface area contributed by atoms with Gasteiger partial charge < -0.3 is 0 Å². The monoisotopic (exact) mass is 229 g/mol. The van der Waals surface area contributed by atoms with Crippen LogP contribution in [0.25, 0.3) is 0 Å². The smallest absolute Gasteiger partial charge is 0.161 e. The summed E-state index contributed by atoms with van der Waals surface area (Å²) < 4.78 is 0. The Hall–Kier alpha value is -1.10. The van der Waals surface area contributed by atoms with Gasteiger partial charge in [0.2, 0.25) is 0 Å². The fraction of sp³-hybridized carbons (Fsp3) is 0.733. The number of carbonyl (C=O) groups is 1. The van der Waals surface area contributed by atoms with E-state index in [0.717, 1.165) is 12.8 Å². The molecule has 17 heavy (non-hydrogen) atoms. The number of nitrogens with zero attached hydrogens (tertiary/aromatic N) is 1. The number of hydrogen-bond acceptors (Lipinski definition) is 2. The number of carbonyl (C=O) groups excluding carboxylic acids is 1.